The number of hydrogen-bond donors (Lipinski definition) is 4. The molecule has 0 aliphatic carbocycles. The first-order valence-corrected chi connectivity index (χ1v) is 13.5. The number of benzene rings is 3. The van der Waals surface area contributed by atoms with Crippen LogP contribution in [0.4, 0.5) is 14.5 Å². The van der Waals surface area contributed by atoms with Gasteiger partial charge < -0.3 is 21.1 Å². The van der Waals surface area contributed by atoms with E-state index in [2.05, 4.69) is 33.9 Å². The van der Waals surface area contributed by atoms with Crippen molar-refractivity contribution in [2.45, 2.75) is 52.3 Å². The Kier molecular flexibility index (Phi) is 9.75. The van der Waals surface area contributed by atoms with E-state index in [4.69, 9.17) is 0 Å². The molecule has 1 heterocycles. The Labute approximate surface area is 238 Å². The average molecular weight is 561 g/mol. The molecular weight excluding hydrogens is 526 g/mol. The first kappa shape index (κ1) is 29.8. The molecule has 0 aliphatic heterocycles. The fourth-order valence-corrected chi connectivity index (χ4v) is 4.78. The molecule has 2 amide bonds. The van der Waals surface area contributed by atoms with Gasteiger partial charge in [-0.05, 0) is 66.8 Å². The molecule has 4 rings (SSSR count). The summed E-state index contributed by atoms with van der Waals surface area (Å²) in [5, 5.41) is 20.5. The smallest absolute Gasteiger partial charge is 0.252 e. The van der Waals surface area contributed by atoms with Gasteiger partial charge in [0.05, 0.1) is 23.2 Å². The number of carbonyl (C=O) groups excluding carboxylic acids is 2. The molecule has 4 aromatic rings. The van der Waals surface area contributed by atoms with E-state index in [1.165, 1.54) is 24.6 Å². The number of carbonyl (C=O) groups is 2. The van der Waals surface area contributed by atoms with Crippen molar-refractivity contribution in [3.05, 3.63) is 106 Å². The number of aromatic nitrogens is 1. The van der Waals surface area contributed by atoms with Crippen molar-refractivity contribution in [2.75, 3.05) is 11.9 Å². The normalized spacial score (nSPS) is 12.6. The second-order valence-electron chi connectivity index (χ2n) is 10.2. The monoisotopic (exact) mass is 560 g/mol. The van der Waals surface area contributed by atoms with Crippen molar-refractivity contribution >= 4 is 28.4 Å². The lowest BCUT2D eigenvalue weighted by molar-refractivity contribution is -0.114. The fourth-order valence-electron chi connectivity index (χ4n) is 4.78. The van der Waals surface area contributed by atoms with Crippen LogP contribution < -0.4 is 16.0 Å². The minimum atomic E-state index is -1.09. The Morgan fingerprint density at radius 1 is 0.951 bits per heavy atom. The van der Waals surface area contributed by atoms with Crippen molar-refractivity contribution in [3.8, 4) is 0 Å². The number of fused-ring (bicyclic) bond motifs is 1. The van der Waals surface area contributed by atoms with Crippen molar-refractivity contribution in [3.63, 3.8) is 0 Å². The number of nitrogens with zero attached hydrogens (tertiary/aromatic N) is 1. The van der Waals surface area contributed by atoms with Crippen LogP contribution in [0.15, 0.2) is 66.7 Å². The van der Waals surface area contributed by atoms with E-state index in [9.17, 15) is 23.5 Å². The Morgan fingerprint density at radius 2 is 1.68 bits per heavy atom. The lowest BCUT2D eigenvalue weighted by atomic mass is 9.99. The van der Waals surface area contributed by atoms with Gasteiger partial charge in [-0.25, -0.2) is 8.78 Å². The number of amides is 2. The largest absolute Gasteiger partial charge is 0.390 e. The molecule has 7 nitrogen and oxygen atoms in total. The Balaban J connectivity index is 1.59. The third-order valence-corrected chi connectivity index (χ3v) is 6.75. The summed E-state index contributed by atoms with van der Waals surface area (Å²) in [6, 6.07) is 17.1. The number of aryl methyl sites for hydroxylation is 2. The summed E-state index contributed by atoms with van der Waals surface area (Å²) < 4.78 is 27.9. The van der Waals surface area contributed by atoms with Crippen LogP contribution in [-0.2, 0) is 24.2 Å². The molecule has 0 fully saturated rings. The molecule has 0 bridgehead atoms. The molecule has 1 aromatic heterocycles. The lowest BCUT2D eigenvalue weighted by Crippen LogP contribution is -2.48. The minimum absolute atomic E-state index is 0.0186. The van der Waals surface area contributed by atoms with E-state index in [0.29, 0.717) is 23.1 Å². The Bertz CT molecular complexity index is 1540. The highest BCUT2D eigenvalue weighted by atomic mass is 19.1. The fraction of sp³-hybridized carbons (Fsp3) is 0.281. The number of aliphatic hydroxyl groups is 1. The van der Waals surface area contributed by atoms with Gasteiger partial charge in [0.25, 0.3) is 5.91 Å². The van der Waals surface area contributed by atoms with E-state index in [-0.39, 0.29) is 30.0 Å². The maximum Gasteiger partial charge on any atom is 0.252 e. The van der Waals surface area contributed by atoms with Crippen LogP contribution >= 0.6 is 0 Å². The molecule has 41 heavy (non-hydrogen) atoms. The van der Waals surface area contributed by atoms with Crippen LogP contribution in [0.25, 0.3) is 10.9 Å². The molecular formula is C32H34F2N4O3. The molecule has 4 N–H and O–H groups in total. The summed E-state index contributed by atoms with van der Waals surface area (Å²) in [6.45, 7) is 5.87. The van der Waals surface area contributed by atoms with Crippen molar-refractivity contribution in [2.24, 2.45) is 0 Å². The van der Waals surface area contributed by atoms with Crippen LogP contribution in [0, 0.1) is 18.6 Å². The summed E-state index contributed by atoms with van der Waals surface area (Å²) in [6.07, 6.45) is -0.207. The van der Waals surface area contributed by atoms with Gasteiger partial charge in [-0.3, -0.25) is 14.6 Å². The number of anilines is 1. The van der Waals surface area contributed by atoms with Crippen LogP contribution in [0.1, 0.15) is 46.6 Å². The molecule has 0 radical (unpaired) electrons. The first-order valence-electron chi connectivity index (χ1n) is 13.5. The standard InChI is InChI=1S/C32H34F2N4O3/c1-4-21-6-5-7-22(10-21)17-35-18-31(40)30(13-23-11-24(33)14-25(34)12-23)38-32(41)28-15-26(37-20(3)39)16-29-27(28)9-8-19(2)36-29/h5-12,14-16,30-31,35,40H,4,13,17-18H2,1-3H3,(H,37,39)(H,38,41)/t30-,31-/m0/s1. The van der Waals surface area contributed by atoms with Crippen LogP contribution in [0.5, 0.6) is 0 Å². The van der Waals surface area contributed by atoms with E-state index in [1.807, 2.05) is 25.1 Å². The van der Waals surface area contributed by atoms with E-state index >= 15 is 0 Å². The number of hydrogen-bond acceptors (Lipinski definition) is 5. The minimum Gasteiger partial charge on any atom is -0.390 e. The van der Waals surface area contributed by atoms with E-state index < -0.39 is 29.7 Å². The highest BCUT2D eigenvalue weighted by Crippen LogP contribution is 2.24. The van der Waals surface area contributed by atoms with Crippen molar-refractivity contribution < 1.29 is 23.5 Å². The van der Waals surface area contributed by atoms with Crippen molar-refractivity contribution in [1.82, 2.24) is 15.6 Å². The highest BCUT2D eigenvalue weighted by Gasteiger charge is 2.24. The highest BCUT2D eigenvalue weighted by molar-refractivity contribution is 6.08. The quantitative estimate of drug-likeness (QED) is 0.210. The number of halogens is 2. The predicted molar refractivity (Wildman–Crippen MR) is 156 cm³/mol. The third-order valence-electron chi connectivity index (χ3n) is 6.75. The predicted octanol–water partition coefficient (Wildman–Crippen LogP) is 4.83. The third kappa shape index (κ3) is 8.15. The lowest BCUT2D eigenvalue weighted by Gasteiger charge is -2.25. The molecule has 0 aliphatic rings. The summed E-state index contributed by atoms with van der Waals surface area (Å²) in [5.41, 5.74) is 4.42. The SMILES string of the molecule is CCc1cccc(CNC[C@H](O)[C@H](Cc2cc(F)cc(F)c2)NC(=O)c2cc(NC(C)=O)cc3nc(C)ccc23)c1. The zero-order valence-corrected chi connectivity index (χ0v) is 23.3. The Morgan fingerprint density at radius 3 is 2.39 bits per heavy atom. The molecule has 0 unspecified atom stereocenters. The summed E-state index contributed by atoms with van der Waals surface area (Å²) in [4.78, 5) is 29.9. The summed E-state index contributed by atoms with van der Waals surface area (Å²) >= 11 is 0. The van der Waals surface area contributed by atoms with Gasteiger partial charge in [-0.2, -0.15) is 0 Å². The van der Waals surface area contributed by atoms with Crippen LogP contribution in [0.2, 0.25) is 0 Å². The molecule has 9 heteroatoms. The number of rotatable bonds is 11. The molecule has 0 saturated heterocycles. The molecule has 0 saturated carbocycles. The van der Waals surface area contributed by atoms with Crippen molar-refractivity contribution in [1.29, 1.82) is 0 Å². The van der Waals surface area contributed by atoms with Gasteiger partial charge >= 0.3 is 0 Å². The van der Waals surface area contributed by atoms with Gasteiger partial charge in [0, 0.05) is 42.8 Å². The Hall–Kier alpha value is -4.21. The molecule has 0 spiro atoms. The molecule has 214 valence electrons. The maximum absolute atomic E-state index is 14.0. The molecule has 2 atom stereocenters. The van der Waals surface area contributed by atoms with Crippen LogP contribution in [0.3, 0.4) is 0 Å². The second-order valence-corrected chi connectivity index (χ2v) is 10.2. The number of aliphatic hydroxyl groups excluding tert-OH is 1. The summed E-state index contributed by atoms with van der Waals surface area (Å²) in [5.74, 6) is -2.32. The maximum atomic E-state index is 14.0. The van der Waals surface area contributed by atoms with Gasteiger partial charge in [0.1, 0.15) is 11.6 Å². The summed E-state index contributed by atoms with van der Waals surface area (Å²) in [7, 11) is 0. The van der Waals surface area contributed by atoms with Gasteiger partial charge in [-0.1, -0.05) is 37.3 Å². The molecule has 3 aromatic carbocycles. The van der Waals surface area contributed by atoms with Crippen LogP contribution in [-0.4, -0.2) is 40.6 Å². The topological polar surface area (TPSA) is 103 Å². The van der Waals surface area contributed by atoms with Gasteiger partial charge in [0.15, 0.2) is 0 Å². The van der Waals surface area contributed by atoms with E-state index in [1.54, 1.807) is 24.3 Å². The second kappa shape index (κ2) is 13.4. The van der Waals surface area contributed by atoms with E-state index in [0.717, 1.165) is 23.7 Å². The van der Waals surface area contributed by atoms with Gasteiger partial charge in [0.2, 0.25) is 5.91 Å². The average Bonchev–Trinajstić information content (AvgIpc) is 2.91. The number of pyridine rings is 1. The number of nitrogens with one attached hydrogen (secondary N) is 3. The zero-order valence-electron chi connectivity index (χ0n) is 23.3. The zero-order chi connectivity index (χ0) is 29.5. The first-order chi connectivity index (χ1) is 19.6. The van der Waals surface area contributed by atoms with Gasteiger partial charge in [-0.15, -0.1) is 0 Å².